The summed E-state index contributed by atoms with van der Waals surface area (Å²) in [4.78, 5) is 19.0. The number of aliphatic carboxylic acids is 1. The first kappa shape index (κ1) is 16.7. The molecule has 0 fully saturated rings. The third kappa shape index (κ3) is 5.71. The summed E-state index contributed by atoms with van der Waals surface area (Å²) in [6.07, 6.45) is 1.72. The maximum absolute atomic E-state index is 10.9. The summed E-state index contributed by atoms with van der Waals surface area (Å²) in [6, 6.07) is 0. The van der Waals surface area contributed by atoms with E-state index in [9.17, 15) is 4.79 Å². The molecule has 20 heavy (non-hydrogen) atoms. The predicted molar refractivity (Wildman–Crippen MR) is 76.7 cm³/mol. The Labute approximate surface area is 120 Å². The van der Waals surface area contributed by atoms with E-state index in [-0.39, 0.29) is 12.0 Å². The van der Waals surface area contributed by atoms with Gasteiger partial charge in [0.15, 0.2) is 0 Å². The molecule has 0 aliphatic rings. The van der Waals surface area contributed by atoms with Crippen LogP contribution in [0, 0.1) is 0 Å². The first-order valence-corrected chi connectivity index (χ1v) is 6.72. The summed E-state index contributed by atoms with van der Waals surface area (Å²) >= 11 is 0. The van der Waals surface area contributed by atoms with E-state index in [1.54, 1.807) is 6.20 Å². The van der Waals surface area contributed by atoms with Gasteiger partial charge in [0, 0.05) is 18.5 Å². The summed E-state index contributed by atoms with van der Waals surface area (Å²) < 4.78 is 5.71. The highest BCUT2D eigenvalue weighted by Gasteiger charge is 2.20. The molecule has 0 radical (unpaired) electrons. The van der Waals surface area contributed by atoms with Crippen LogP contribution < -0.4 is 0 Å². The molecular weight excluding hydrogens is 258 g/mol. The van der Waals surface area contributed by atoms with E-state index in [2.05, 4.69) is 25.8 Å². The third-order valence-corrected chi connectivity index (χ3v) is 2.87. The maximum atomic E-state index is 10.9. The number of carboxylic acid groups (broad SMARTS) is 1. The van der Waals surface area contributed by atoms with Crippen molar-refractivity contribution in [2.45, 2.75) is 32.7 Å². The highest BCUT2D eigenvalue weighted by atomic mass is 16.4. The summed E-state index contributed by atoms with van der Waals surface area (Å²) in [5, 5.41) is 8.96. The second kappa shape index (κ2) is 6.85. The molecule has 1 N–H and O–H groups in total. The molecule has 0 unspecified atom stereocenters. The van der Waals surface area contributed by atoms with Gasteiger partial charge in [0.05, 0.1) is 19.3 Å². The molecule has 1 aromatic heterocycles. The van der Waals surface area contributed by atoms with Crippen molar-refractivity contribution in [3.8, 4) is 0 Å². The minimum absolute atomic E-state index is 0.0128. The minimum atomic E-state index is -0.841. The van der Waals surface area contributed by atoms with E-state index >= 15 is 0 Å². The fourth-order valence-electron chi connectivity index (χ4n) is 1.67. The van der Waals surface area contributed by atoms with Gasteiger partial charge in [-0.15, -0.1) is 0 Å². The second-order valence-corrected chi connectivity index (χ2v) is 6.28. The van der Waals surface area contributed by atoms with Crippen molar-refractivity contribution in [3.05, 3.63) is 17.8 Å². The van der Waals surface area contributed by atoms with Crippen molar-refractivity contribution in [1.29, 1.82) is 0 Å². The lowest BCUT2D eigenvalue weighted by atomic mass is 9.94. The van der Waals surface area contributed by atoms with Gasteiger partial charge in [-0.05, 0) is 14.1 Å². The zero-order valence-electron chi connectivity index (χ0n) is 13.0. The van der Waals surface area contributed by atoms with Gasteiger partial charge in [-0.3, -0.25) is 9.69 Å². The number of rotatable bonds is 7. The Kier molecular flexibility index (Phi) is 5.71. The predicted octanol–water partition coefficient (Wildman–Crippen LogP) is 1.42. The quantitative estimate of drug-likeness (QED) is 0.816. The first-order chi connectivity index (χ1) is 9.18. The van der Waals surface area contributed by atoms with E-state index < -0.39 is 5.97 Å². The van der Waals surface area contributed by atoms with Crippen LogP contribution in [0.5, 0.6) is 0 Å². The lowest BCUT2D eigenvalue weighted by Gasteiger charge is -2.21. The van der Waals surface area contributed by atoms with E-state index in [4.69, 9.17) is 9.52 Å². The molecule has 0 saturated carbocycles. The molecule has 0 aliphatic carbocycles. The lowest BCUT2D eigenvalue weighted by Crippen LogP contribution is -2.35. The number of nitrogens with zero attached hydrogens (tertiary/aromatic N) is 3. The molecule has 1 heterocycles. The standard InChI is InChI=1S/C14H25N3O3/c1-14(2,3)11-8-15-12(20-11)9-17(10-13(18)19)7-6-16(4)5/h8H,6-7,9-10H2,1-5H3,(H,18,19). The molecule has 0 aromatic carbocycles. The fraction of sp³-hybridized carbons (Fsp3) is 0.714. The van der Waals surface area contributed by atoms with Gasteiger partial charge in [-0.1, -0.05) is 20.8 Å². The molecule has 6 heteroatoms. The topological polar surface area (TPSA) is 69.8 Å². The summed E-state index contributed by atoms with van der Waals surface area (Å²) in [7, 11) is 3.92. The van der Waals surface area contributed by atoms with E-state index in [0.717, 1.165) is 12.3 Å². The zero-order chi connectivity index (χ0) is 15.3. The van der Waals surface area contributed by atoms with Crippen LogP contribution in [0.4, 0.5) is 0 Å². The number of aromatic nitrogens is 1. The molecule has 0 atom stereocenters. The first-order valence-electron chi connectivity index (χ1n) is 6.72. The Bertz CT molecular complexity index is 435. The molecule has 0 amide bonds. The Balaban J connectivity index is 2.68. The highest BCUT2D eigenvalue weighted by Crippen LogP contribution is 2.23. The average Bonchev–Trinajstić information content (AvgIpc) is 2.73. The Hall–Kier alpha value is -1.40. The number of carboxylic acids is 1. The second-order valence-electron chi connectivity index (χ2n) is 6.28. The van der Waals surface area contributed by atoms with Gasteiger partial charge in [0.25, 0.3) is 0 Å². The van der Waals surface area contributed by atoms with Gasteiger partial charge in [0.2, 0.25) is 5.89 Å². The fourth-order valence-corrected chi connectivity index (χ4v) is 1.67. The van der Waals surface area contributed by atoms with Crippen molar-refractivity contribution in [2.75, 3.05) is 33.7 Å². The molecule has 0 bridgehead atoms. The zero-order valence-corrected chi connectivity index (χ0v) is 13.0. The number of hydrogen-bond acceptors (Lipinski definition) is 5. The number of hydrogen-bond donors (Lipinski definition) is 1. The molecule has 114 valence electrons. The third-order valence-electron chi connectivity index (χ3n) is 2.87. The molecule has 1 rings (SSSR count). The number of carbonyl (C=O) groups is 1. The lowest BCUT2D eigenvalue weighted by molar-refractivity contribution is -0.138. The Morgan fingerprint density at radius 1 is 1.35 bits per heavy atom. The van der Waals surface area contributed by atoms with Crippen LogP contribution >= 0.6 is 0 Å². The largest absolute Gasteiger partial charge is 0.480 e. The number of oxazole rings is 1. The van der Waals surface area contributed by atoms with Crippen molar-refractivity contribution in [3.63, 3.8) is 0 Å². The monoisotopic (exact) mass is 283 g/mol. The SMILES string of the molecule is CN(C)CCN(CC(=O)O)Cc1ncc(C(C)(C)C)o1. The van der Waals surface area contributed by atoms with Gasteiger partial charge in [-0.2, -0.15) is 0 Å². The Morgan fingerprint density at radius 3 is 2.45 bits per heavy atom. The summed E-state index contributed by atoms with van der Waals surface area (Å²) in [5.74, 6) is 0.539. The van der Waals surface area contributed by atoms with Gasteiger partial charge < -0.3 is 14.4 Å². The highest BCUT2D eigenvalue weighted by molar-refractivity contribution is 5.69. The van der Waals surface area contributed by atoms with Crippen molar-refractivity contribution in [2.24, 2.45) is 0 Å². The van der Waals surface area contributed by atoms with E-state index in [1.807, 2.05) is 23.9 Å². The average molecular weight is 283 g/mol. The Morgan fingerprint density at radius 2 is 2.00 bits per heavy atom. The molecule has 0 saturated heterocycles. The summed E-state index contributed by atoms with van der Waals surface area (Å²) in [5.41, 5.74) is -0.0908. The van der Waals surface area contributed by atoms with Crippen LogP contribution in [0.25, 0.3) is 0 Å². The van der Waals surface area contributed by atoms with Crippen LogP contribution in [0.1, 0.15) is 32.4 Å². The van der Waals surface area contributed by atoms with Gasteiger partial charge >= 0.3 is 5.97 Å². The smallest absolute Gasteiger partial charge is 0.317 e. The summed E-state index contributed by atoms with van der Waals surface area (Å²) in [6.45, 7) is 8.01. The van der Waals surface area contributed by atoms with Gasteiger partial charge in [-0.25, -0.2) is 4.98 Å². The molecular formula is C14H25N3O3. The van der Waals surface area contributed by atoms with E-state index in [0.29, 0.717) is 19.0 Å². The van der Waals surface area contributed by atoms with Crippen molar-refractivity contribution in [1.82, 2.24) is 14.8 Å². The van der Waals surface area contributed by atoms with Crippen molar-refractivity contribution >= 4 is 5.97 Å². The van der Waals surface area contributed by atoms with Crippen LogP contribution in [0.3, 0.4) is 0 Å². The van der Waals surface area contributed by atoms with Crippen LogP contribution in [0.2, 0.25) is 0 Å². The van der Waals surface area contributed by atoms with Crippen molar-refractivity contribution < 1.29 is 14.3 Å². The van der Waals surface area contributed by atoms with Crippen LogP contribution in [0.15, 0.2) is 10.6 Å². The van der Waals surface area contributed by atoms with Crippen LogP contribution in [-0.4, -0.2) is 59.6 Å². The van der Waals surface area contributed by atoms with Gasteiger partial charge in [0.1, 0.15) is 5.76 Å². The van der Waals surface area contributed by atoms with Crippen LogP contribution in [-0.2, 0) is 16.8 Å². The molecule has 0 aliphatic heterocycles. The molecule has 1 aromatic rings. The molecule has 0 spiro atoms. The normalized spacial score (nSPS) is 12.3. The molecule has 6 nitrogen and oxygen atoms in total. The number of likely N-dealkylation sites (N-methyl/N-ethyl adjacent to an activating group) is 1. The maximum Gasteiger partial charge on any atom is 0.317 e. The minimum Gasteiger partial charge on any atom is -0.480 e. The van der Waals surface area contributed by atoms with E-state index in [1.165, 1.54) is 0 Å².